The first kappa shape index (κ1) is 20.0. The van der Waals surface area contributed by atoms with E-state index in [9.17, 15) is 9.90 Å². The van der Waals surface area contributed by atoms with E-state index >= 15 is 0 Å². The molecule has 1 aliphatic carbocycles. The second-order valence-electron chi connectivity index (χ2n) is 7.46. The number of nitrogens with zero attached hydrogens (tertiary/aromatic N) is 5. The van der Waals surface area contributed by atoms with Crippen LogP contribution in [0.3, 0.4) is 0 Å². The van der Waals surface area contributed by atoms with E-state index in [-0.39, 0.29) is 10.3 Å². The molecule has 0 radical (unpaired) electrons. The number of carbonyl (C=O) groups is 1. The number of hydrogen-bond acceptors (Lipinski definition) is 8. The van der Waals surface area contributed by atoms with Crippen LogP contribution >= 0.6 is 11.3 Å². The van der Waals surface area contributed by atoms with Gasteiger partial charge in [-0.25, -0.2) is 14.8 Å². The number of carboxylic acid groups (broad SMARTS) is 1. The lowest BCUT2D eigenvalue weighted by Crippen LogP contribution is -2.21. The molecule has 0 unspecified atom stereocenters. The summed E-state index contributed by atoms with van der Waals surface area (Å²) in [6.45, 7) is 4.81. The molecule has 0 aromatic carbocycles. The molecular formula is C21H21N5O3S. The molecule has 1 fully saturated rings. The Morgan fingerprint density at radius 2 is 2.23 bits per heavy atom. The summed E-state index contributed by atoms with van der Waals surface area (Å²) in [5, 5.41) is 19.2. The van der Waals surface area contributed by atoms with Crippen molar-refractivity contribution >= 4 is 39.2 Å². The van der Waals surface area contributed by atoms with E-state index in [0.29, 0.717) is 41.7 Å². The summed E-state index contributed by atoms with van der Waals surface area (Å²) in [5.74, 6) is 0.159. The van der Waals surface area contributed by atoms with Gasteiger partial charge in [0.05, 0.1) is 18.9 Å². The standard InChI is InChI=1S/C21H21N5O3S/c1-3-26(20-24-10-14-13(2)17(19(27)28)30-18(14)25-20)15-11-23-9-4-16(15)29-12-21(5-6-21)7-8-22/h4,9-11H,3,5-7,12H2,1-2H3,(H,27,28). The summed E-state index contributed by atoms with van der Waals surface area (Å²) in [6.07, 6.45) is 7.54. The van der Waals surface area contributed by atoms with Gasteiger partial charge < -0.3 is 14.7 Å². The van der Waals surface area contributed by atoms with Crippen molar-refractivity contribution in [2.75, 3.05) is 18.1 Å². The van der Waals surface area contributed by atoms with Crippen molar-refractivity contribution in [1.82, 2.24) is 15.0 Å². The molecule has 8 nitrogen and oxygen atoms in total. The third kappa shape index (κ3) is 3.66. The van der Waals surface area contributed by atoms with Gasteiger partial charge in [0.1, 0.15) is 21.1 Å². The molecule has 154 valence electrons. The second-order valence-corrected chi connectivity index (χ2v) is 8.46. The van der Waals surface area contributed by atoms with Gasteiger partial charge in [-0.05, 0) is 32.3 Å². The maximum atomic E-state index is 11.4. The van der Waals surface area contributed by atoms with Crippen molar-refractivity contribution in [3.63, 3.8) is 0 Å². The highest BCUT2D eigenvalue weighted by atomic mass is 32.1. The van der Waals surface area contributed by atoms with Gasteiger partial charge in [0.25, 0.3) is 0 Å². The fraction of sp³-hybridized carbons (Fsp3) is 0.381. The summed E-state index contributed by atoms with van der Waals surface area (Å²) < 4.78 is 6.10. The summed E-state index contributed by atoms with van der Waals surface area (Å²) in [7, 11) is 0. The predicted molar refractivity (Wildman–Crippen MR) is 113 cm³/mol. The highest BCUT2D eigenvalue weighted by molar-refractivity contribution is 7.20. The number of anilines is 2. The fourth-order valence-electron chi connectivity index (χ4n) is 3.39. The van der Waals surface area contributed by atoms with E-state index < -0.39 is 5.97 Å². The largest absolute Gasteiger partial charge is 0.491 e. The predicted octanol–water partition coefficient (Wildman–Crippen LogP) is 4.32. The van der Waals surface area contributed by atoms with Crippen LogP contribution in [-0.4, -0.2) is 39.2 Å². The third-order valence-corrected chi connectivity index (χ3v) is 6.62. The summed E-state index contributed by atoms with van der Waals surface area (Å²) >= 11 is 1.15. The van der Waals surface area contributed by atoms with Gasteiger partial charge in [0, 0.05) is 42.2 Å². The van der Waals surface area contributed by atoms with Gasteiger partial charge in [-0.1, -0.05) is 0 Å². The first-order valence-corrected chi connectivity index (χ1v) is 10.5. The van der Waals surface area contributed by atoms with Crippen LogP contribution in [-0.2, 0) is 0 Å². The van der Waals surface area contributed by atoms with Crippen molar-refractivity contribution < 1.29 is 14.6 Å². The third-order valence-electron chi connectivity index (χ3n) is 5.43. The van der Waals surface area contributed by atoms with Gasteiger partial charge in [0.2, 0.25) is 5.95 Å². The van der Waals surface area contributed by atoms with Crippen molar-refractivity contribution in [3.8, 4) is 11.8 Å². The summed E-state index contributed by atoms with van der Waals surface area (Å²) in [5.41, 5.74) is 1.37. The summed E-state index contributed by atoms with van der Waals surface area (Å²) in [6, 6.07) is 4.05. The number of carboxylic acids is 1. The lowest BCUT2D eigenvalue weighted by Gasteiger charge is -2.24. The van der Waals surface area contributed by atoms with Crippen LogP contribution in [0, 0.1) is 23.7 Å². The smallest absolute Gasteiger partial charge is 0.346 e. The monoisotopic (exact) mass is 423 g/mol. The minimum atomic E-state index is -0.960. The van der Waals surface area contributed by atoms with E-state index in [2.05, 4.69) is 21.0 Å². The number of aryl methyl sites for hydroxylation is 1. The van der Waals surface area contributed by atoms with E-state index in [1.54, 1.807) is 31.6 Å². The van der Waals surface area contributed by atoms with Gasteiger partial charge in [-0.3, -0.25) is 4.98 Å². The van der Waals surface area contributed by atoms with E-state index in [1.807, 2.05) is 11.8 Å². The molecule has 0 spiro atoms. The van der Waals surface area contributed by atoms with Crippen LogP contribution in [0.1, 0.15) is 41.4 Å². The fourth-order valence-corrected chi connectivity index (χ4v) is 4.37. The molecule has 0 atom stereocenters. The Kier molecular flexibility index (Phi) is 5.26. The van der Waals surface area contributed by atoms with Crippen molar-refractivity contribution in [1.29, 1.82) is 5.26 Å². The zero-order valence-electron chi connectivity index (χ0n) is 16.8. The Morgan fingerprint density at radius 3 is 2.90 bits per heavy atom. The number of aromatic nitrogens is 3. The molecule has 30 heavy (non-hydrogen) atoms. The number of rotatable bonds is 8. The van der Waals surface area contributed by atoms with E-state index in [4.69, 9.17) is 10.00 Å². The number of pyridine rings is 1. The summed E-state index contributed by atoms with van der Waals surface area (Å²) in [4.78, 5) is 27.6. The first-order valence-electron chi connectivity index (χ1n) is 9.69. The molecule has 1 saturated carbocycles. The molecule has 0 aliphatic heterocycles. The quantitative estimate of drug-likeness (QED) is 0.570. The zero-order valence-corrected chi connectivity index (χ0v) is 17.6. The van der Waals surface area contributed by atoms with Crippen molar-refractivity contribution in [3.05, 3.63) is 35.1 Å². The van der Waals surface area contributed by atoms with Crippen LogP contribution in [0.5, 0.6) is 5.75 Å². The number of fused-ring (bicyclic) bond motifs is 1. The first-order chi connectivity index (χ1) is 14.5. The van der Waals surface area contributed by atoms with Crippen molar-refractivity contribution in [2.24, 2.45) is 5.41 Å². The molecule has 1 aliphatic rings. The maximum Gasteiger partial charge on any atom is 0.346 e. The average Bonchev–Trinajstić information content (AvgIpc) is 3.43. The molecule has 0 amide bonds. The highest BCUT2D eigenvalue weighted by Crippen LogP contribution is 2.49. The van der Waals surface area contributed by atoms with Gasteiger partial charge in [-0.15, -0.1) is 11.3 Å². The molecule has 3 heterocycles. The van der Waals surface area contributed by atoms with Gasteiger partial charge >= 0.3 is 5.97 Å². The average molecular weight is 423 g/mol. The number of aromatic carboxylic acids is 1. The van der Waals surface area contributed by atoms with Crippen molar-refractivity contribution in [2.45, 2.75) is 33.1 Å². The van der Waals surface area contributed by atoms with E-state index in [1.165, 1.54) is 0 Å². The number of ether oxygens (including phenoxy) is 1. The Labute approximate surface area is 177 Å². The number of hydrogen-bond donors (Lipinski definition) is 1. The van der Waals surface area contributed by atoms with Gasteiger partial charge in [-0.2, -0.15) is 5.26 Å². The molecule has 9 heteroatoms. The lowest BCUT2D eigenvalue weighted by atomic mass is 10.1. The molecule has 0 saturated heterocycles. The van der Waals surface area contributed by atoms with Crippen LogP contribution in [0.2, 0.25) is 0 Å². The molecule has 3 aromatic heterocycles. The normalized spacial score (nSPS) is 14.3. The maximum absolute atomic E-state index is 11.4. The Bertz CT molecular complexity index is 1150. The number of nitriles is 1. The Morgan fingerprint density at radius 1 is 1.43 bits per heavy atom. The van der Waals surface area contributed by atoms with Crippen LogP contribution < -0.4 is 9.64 Å². The second kappa shape index (κ2) is 7.88. The van der Waals surface area contributed by atoms with Crippen LogP contribution in [0.4, 0.5) is 11.6 Å². The Balaban J connectivity index is 1.66. The molecule has 3 aromatic rings. The molecule has 0 bridgehead atoms. The van der Waals surface area contributed by atoms with Crippen LogP contribution in [0.25, 0.3) is 10.2 Å². The van der Waals surface area contributed by atoms with Crippen LogP contribution in [0.15, 0.2) is 24.7 Å². The highest BCUT2D eigenvalue weighted by Gasteiger charge is 2.43. The minimum Gasteiger partial charge on any atom is -0.491 e. The number of thiophene rings is 1. The molecular weight excluding hydrogens is 402 g/mol. The topological polar surface area (TPSA) is 112 Å². The molecule has 1 N–H and O–H groups in total. The SMILES string of the molecule is CCN(c1ncc2c(C)c(C(=O)O)sc2n1)c1cnccc1OCC1(CC#N)CC1. The van der Waals surface area contributed by atoms with Gasteiger partial charge in [0.15, 0.2) is 0 Å². The zero-order chi connectivity index (χ0) is 21.3. The lowest BCUT2D eigenvalue weighted by molar-refractivity contribution is 0.0701. The molecule has 4 rings (SSSR count). The Hall–Kier alpha value is -3.25. The van der Waals surface area contributed by atoms with E-state index in [0.717, 1.165) is 35.3 Å². The minimum absolute atomic E-state index is 0.0382.